The van der Waals surface area contributed by atoms with E-state index in [4.69, 9.17) is 0 Å². The van der Waals surface area contributed by atoms with Crippen molar-refractivity contribution in [3.8, 4) is 0 Å². The first-order chi connectivity index (χ1) is 20.8. The molecule has 43 heavy (non-hydrogen) atoms. The number of amides is 2. The van der Waals surface area contributed by atoms with Crippen molar-refractivity contribution < 1.29 is 14.0 Å². The summed E-state index contributed by atoms with van der Waals surface area (Å²) in [5, 5.41) is 12.5. The number of aromatic amines is 1. The lowest BCUT2D eigenvalue weighted by Crippen LogP contribution is -2.60. The quantitative estimate of drug-likeness (QED) is 0.360. The smallest absolute Gasteiger partial charge is 0.267 e. The van der Waals surface area contributed by atoms with Crippen molar-refractivity contribution in [2.75, 3.05) is 32.7 Å². The maximum absolute atomic E-state index is 14.9. The summed E-state index contributed by atoms with van der Waals surface area (Å²) in [4.78, 5) is 42.8. The van der Waals surface area contributed by atoms with Crippen LogP contribution in [0.25, 0.3) is 10.8 Å². The fourth-order valence-electron chi connectivity index (χ4n) is 6.46. The highest BCUT2D eigenvalue weighted by molar-refractivity contribution is 5.95. The van der Waals surface area contributed by atoms with Gasteiger partial charge < -0.3 is 15.1 Å². The van der Waals surface area contributed by atoms with Crippen LogP contribution in [-0.4, -0.2) is 70.1 Å². The Morgan fingerprint density at radius 3 is 2.47 bits per heavy atom. The molecule has 2 aliphatic heterocycles. The molecule has 222 valence electrons. The molecule has 0 radical (unpaired) electrons. The average molecular weight is 582 g/mol. The molecule has 0 spiro atoms. The van der Waals surface area contributed by atoms with Crippen LogP contribution < -0.4 is 10.9 Å². The maximum Gasteiger partial charge on any atom is 0.267 e. The normalized spacial score (nSPS) is 18.8. The van der Waals surface area contributed by atoms with Gasteiger partial charge in [-0.25, -0.2) is 9.49 Å². The van der Waals surface area contributed by atoms with Crippen molar-refractivity contribution >= 4 is 22.6 Å². The second-order valence-electron chi connectivity index (χ2n) is 11.8. The van der Waals surface area contributed by atoms with E-state index in [1.54, 1.807) is 24.0 Å². The van der Waals surface area contributed by atoms with E-state index < -0.39 is 17.3 Å². The molecule has 1 aromatic heterocycles. The number of hydrogen-bond acceptors (Lipinski definition) is 5. The summed E-state index contributed by atoms with van der Waals surface area (Å²) in [5.41, 5.74) is 2.99. The third-order valence-electron chi connectivity index (χ3n) is 9.14. The van der Waals surface area contributed by atoms with Gasteiger partial charge in [-0.3, -0.25) is 14.4 Å². The number of fused-ring (bicyclic) bond motifs is 1. The summed E-state index contributed by atoms with van der Waals surface area (Å²) in [6, 6.07) is 19.0. The van der Waals surface area contributed by atoms with Gasteiger partial charge in [0.25, 0.3) is 11.5 Å². The van der Waals surface area contributed by atoms with Crippen LogP contribution >= 0.6 is 0 Å². The first kappa shape index (κ1) is 28.7. The molecule has 9 heteroatoms. The van der Waals surface area contributed by atoms with E-state index in [-0.39, 0.29) is 17.0 Å². The van der Waals surface area contributed by atoms with Crippen molar-refractivity contribution in [3.05, 3.63) is 110 Å². The van der Waals surface area contributed by atoms with Crippen LogP contribution in [0.15, 0.2) is 65.5 Å². The van der Waals surface area contributed by atoms with Gasteiger partial charge in [0, 0.05) is 44.6 Å². The number of halogens is 1. The van der Waals surface area contributed by atoms with Crippen molar-refractivity contribution in [1.29, 1.82) is 0 Å². The molecule has 8 nitrogen and oxygen atoms in total. The third-order valence-corrected chi connectivity index (χ3v) is 9.14. The van der Waals surface area contributed by atoms with E-state index in [0.717, 1.165) is 46.8 Å². The van der Waals surface area contributed by atoms with Gasteiger partial charge in [0.05, 0.1) is 11.3 Å². The SMILES string of the molecule is Cc1c(Cc2ccc(F)c(C(=O)N3CCN(C(=O)C4(Cc5cccc6ccccc56)CCCN4)CC3)c2)n[nH]c(=O)c1C. The molecule has 2 aliphatic rings. The fourth-order valence-corrected chi connectivity index (χ4v) is 6.46. The van der Waals surface area contributed by atoms with E-state index in [2.05, 4.69) is 39.8 Å². The van der Waals surface area contributed by atoms with E-state index in [1.807, 2.05) is 30.0 Å². The largest absolute Gasteiger partial charge is 0.338 e. The Balaban J connectivity index is 1.15. The van der Waals surface area contributed by atoms with E-state index >= 15 is 0 Å². The Morgan fingerprint density at radius 1 is 0.953 bits per heavy atom. The first-order valence-corrected chi connectivity index (χ1v) is 14.9. The second kappa shape index (κ2) is 11.7. The first-order valence-electron chi connectivity index (χ1n) is 14.9. The van der Waals surface area contributed by atoms with Gasteiger partial charge >= 0.3 is 0 Å². The summed E-state index contributed by atoms with van der Waals surface area (Å²) in [6.45, 7) is 5.80. The van der Waals surface area contributed by atoms with Crippen LogP contribution in [0.1, 0.15) is 51.1 Å². The lowest BCUT2D eigenvalue weighted by molar-refractivity contribution is -0.139. The molecule has 2 saturated heterocycles. The lowest BCUT2D eigenvalue weighted by atomic mass is 9.85. The van der Waals surface area contributed by atoms with Gasteiger partial charge in [0.2, 0.25) is 5.91 Å². The van der Waals surface area contributed by atoms with Crippen molar-refractivity contribution in [1.82, 2.24) is 25.3 Å². The molecule has 3 aromatic carbocycles. The van der Waals surface area contributed by atoms with Gasteiger partial charge in [-0.15, -0.1) is 0 Å². The van der Waals surface area contributed by atoms with Crippen LogP contribution in [0, 0.1) is 19.7 Å². The summed E-state index contributed by atoms with van der Waals surface area (Å²) in [7, 11) is 0. The number of piperazine rings is 1. The highest BCUT2D eigenvalue weighted by Crippen LogP contribution is 2.30. The van der Waals surface area contributed by atoms with Crippen molar-refractivity contribution in [2.45, 2.75) is 45.1 Å². The number of H-pyrrole nitrogens is 1. The van der Waals surface area contributed by atoms with Gasteiger partial charge in [0.15, 0.2) is 0 Å². The number of nitrogens with one attached hydrogen (secondary N) is 2. The number of carbonyl (C=O) groups excluding carboxylic acids is 2. The summed E-state index contributed by atoms with van der Waals surface area (Å²) < 4.78 is 14.9. The predicted octanol–water partition coefficient (Wildman–Crippen LogP) is 3.92. The summed E-state index contributed by atoms with van der Waals surface area (Å²) in [6.07, 6.45) is 2.65. The van der Waals surface area contributed by atoms with Crippen LogP contribution in [0.4, 0.5) is 4.39 Å². The minimum atomic E-state index is -0.678. The van der Waals surface area contributed by atoms with Crippen LogP contribution in [0.3, 0.4) is 0 Å². The van der Waals surface area contributed by atoms with Crippen LogP contribution in [-0.2, 0) is 17.6 Å². The Kier molecular flexibility index (Phi) is 7.83. The minimum absolute atomic E-state index is 0.000890. The second-order valence-corrected chi connectivity index (χ2v) is 11.8. The van der Waals surface area contributed by atoms with Gasteiger partial charge in [-0.1, -0.05) is 48.5 Å². The zero-order valence-corrected chi connectivity index (χ0v) is 24.6. The summed E-state index contributed by atoms with van der Waals surface area (Å²) >= 11 is 0. The monoisotopic (exact) mass is 581 g/mol. The molecule has 2 fully saturated rings. The molecular formula is C34H36FN5O3. The number of nitrogens with zero attached hydrogens (tertiary/aromatic N) is 3. The highest BCUT2D eigenvalue weighted by Gasteiger charge is 2.44. The number of aromatic nitrogens is 2. The molecule has 4 aromatic rings. The van der Waals surface area contributed by atoms with E-state index in [1.165, 1.54) is 6.07 Å². The molecule has 0 aliphatic carbocycles. The molecule has 2 N–H and O–H groups in total. The zero-order valence-electron chi connectivity index (χ0n) is 24.6. The average Bonchev–Trinajstić information content (AvgIpc) is 3.51. The Labute approximate surface area is 249 Å². The molecule has 1 atom stereocenters. The molecular weight excluding hydrogens is 545 g/mol. The van der Waals surface area contributed by atoms with E-state index in [9.17, 15) is 18.8 Å². The van der Waals surface area contributed by atoms with Gasteiger partial charge in [-0.2, -0.15) is 5.10 Å². The molecule has 0 bridgehead atoms. The molecule has 3 heterocycles. The third kappa shape index (κ3) is 5.57. The Morgan fingerprint density at radius 2 is 1.70 bits per heavy atom. The van der Waals surface area contributed by atoms with Crippen LogP contribution in [0.2, 0.25) is 0 Å². The minimum Gasteiger partial charge on any atom is -0.338 e. The fraction of sp³-hybridized carbons (Fsp3) is 0.353. The number of benzene rings is 3. The Hall–Kier alpha value is -4.37. The number of rotatable bonds is 6. The molecule has 2 amide bonds. The number of hydrogen-bond donors (Lipinski definition) is 2. The van der Waals surface area contributed by atoms with Crippen LogP contribution in [0.5, 0.6) is 0 Å². The standard InChI is InChI=1S/C34H36FN5O3/c1-22-23(2)31(41)38-37-30(22)20-24-11-12-29(35)28(19-24)32(42)39-15-17-40(18-16-39)33(43)34(13-6-14-36-34)21-26-9-5-8-25-7-3-4-10-27(25)26/h3-5,7-12,19,36H,6,13-18,20-21H2,1-2H3,(H,38,41). The molecule has 6 rings (SSSR count). The molecule has 0 saturated carbocycles. The Bertz CT molecular complexity index is 1750. The zero-order chi connectivity index (χ0) is 30.1. The predicted molar refractivity (Wildman–Crippen MR) is 164 cm³/mol. The van der Waals surface area contributed by atoms with E-state index in [0.29, 0.717) is 50.3 Å². The number of carbonyl (C=O) groups is 2. The lowest BCUT2D eigenvalue weighted by Gasteiger charge is -2.40. The van der Waals surface area contributed by atoms with Crippen molar-refractivity contribution in [3.63, 3.8) is 0 Å². The topological polar surface area (TPSA) is 98.4 Å². The van der Waals surface area contributed by atoms with Gasteiger partial charge in [0.1, 0.15) is 11.4 Å². The highest BCUT2D eigenvalue weighted by atomic mass is 19.1. The van der Waals surface area contributed by atoms with Gasteiger partial charge in [-0.05, 0) is 72.8 Å². The maximum atomic E-state index is 14.9. The molecule has 1 unspecified atom stereocenters. The van der Waals surface area contributed by atoms with Crippen molar-refractivity contribution in [2.24, 2.45) is 0 Å². The summed E-state index contributed by atoms with van der Waals surface area (Å²) in [5.74, 6) is -0.908.